The number of hydrogen-bond donors (Lipinski definition) is 5. The number of carbonyl (C=O) groups excluding carboxylic acids is 4. The number of fused-ring (bicyclic) bond motifs is 2. The monoisotopic (exact) mass is 1120 g/mol. The van der Waals surface area contributed by atoms with Crippen LogP contribution in [-0.2, 0) is 36.8 Å². The zero-order valence-corrected chi connectivity index (χ0v) is 43.6. The van der Waals surface area contributed by atoms with E-state index < -0.39 is 114 Å². The number of hydrazine groups is 1. The number of alkyl carbamates (subject to hydrolysis) is 2. The Hall–Kier alpha value is -7.21. The molecule has 2 aromatic carbocycles. The van der Waals surface area contributed by atoms with E-state index in [0.717, 1.165) is 83.2 Å². The second-order valence-electron chi connectivity index (χ2n) is 20.5. The van der Waals surface area contributed by atoms with Crippen molar-refractivity contribution in [3.63, 3.8) is 0 Å². The van der Waals surface area contributed by atoms with Gasteiger partial charge in [-0.3, -0.25) is 24.9 Å². The fourth-order valence-corrected chi connectivity index (χ4v) is 9.33. The van der Waals surface area contributed by atoms with Crippen molar-refractivity contribution in [1.29, 1.82) is 0 Å². The van der Waals surface area contributed by atoms with Crippen LogP contribution in [0, 0.1) is 40.1 Å². The van der Waals surface area contributed by atoms with Gasteiger partial charge in [-0.1, -0.05) is 24.0 Å². The van der Waals surface area contributed by atoms with Crippen LogP contribution >= 0.6 is 0 Å². The Balaban J connectivity index is 1.18. The van der Waals surface area contributed by atoms with Gasteiger partial charge in [0.05, 0.1) is 68.3 Å². The van der Waals surface area contributed by atoms with E-state index >= 15 is 8.78 Å². The maximum Gasteiger partial charge on any atom is 0.407 e. The molecule has 6 atom stereocenters. The third-order valence-electron chi connectivity index (χ3n) is 14.4. The van der Waals surface area contributed by atoms with E-state index in [1.54, 1.807) is 23.6 Å². The third kappa shape index (κ3) is 13.8. The van der Waals surface area contributed by atoms with Crippen LogP contribution in [0.3, 0.4) is 0 Å². The first-order valence-corrected chi connectivity index (χ1v) is 24.7. The summed E-state index contributed by atoms with van der Waals surface area (Å²) in [5.41, 5.74) is -3.82. The maximum atomic E-state index is 16.0. The minimum atomic E-state index is -5.21. The summed E-state index contributed by atoms with van der Waals surface area (Å²) in [6, 6.07) is 8.13. The molecule has 4 amide bonds. The van der Waals surface area contributed by atoms with Gasteiger partial charge in [0.1, 0.15) is 35.4 Å². The van der Waals surface area contributed by atoms with Crippen LogP contribution < -0.4 is 26.3 Å². The Labute approximate surface area is 448 Å². The van der Waals surface area contributed by atoms with E-state index in [4.69, 9.17) is 4.74 Å². The van der Waals surface area contributed by atoms with Gasteiger partial charge in [-0.05, 0) is 94.6 Å². The van der Waals surface area contributed by atoms with Crippen molar-refractivity contribution in [3.8, 4) is 23.1 Å². The van der Waals surface area contributed by atoms with Crippen molar-refractivity contribution in [3.05, 3.63) is 113 Å². The van der Waals surface area contributed by atoms with Gasteiger partial charge in [-0.25, -0.2) is 32.8 Å². The first-order valence-electron chi connectivity index (χ1n) is 24.7. The molecule has 0 saturated carbocycles. The predicted octanol–water partition coefficient (Wildman–Crippen LogP) is 6.17. The lowest BCUT2D eigenvalue weighted by Crippen LogP contribution is -2.74. The van der Waals surface area contributed by atoms with Crippen LogP contribution in [0.5, 0.6) is 0 Å². The fourth-order valence-electron chi connectivity index (χ4n) is 9.33. The number of anilines is 1. The van der Waals surface area contributed by atoms with Gasteiger partial charge >= 0.3 is 24.5 Å². The number of rotatable bonds is 18. The normalized spacial score (nSPS) is 18.4. The van der Waals surface area contributed by atoms with Crippen LogP contribution in [0.1, 0.15) is 56.4 Å². The zero-order valence-electron chi connectivity index (χ0n) is 43.6. The average Bonchev–Trinajstić information content (AvgIpc) is 3.55. The number of piperazine rings is 1. The molecule has 17 nitrogen and oxygen atoms in total. The highest BCUT2D eigenvalue weighted by molar-refractivity contribution is 5.87. The number of amides is 4. The molecular formula is C53H58F9N9O8. The van der Waals surface area contributed by atoms with E-state index in [-0.39, 0.29) is 11.3 Å². The number of piperidine rings is 1. The smallest absolute Gasteiger partial charge is 0.407 e. The van der Waals surface area contributed by atoms with Crippen LogP contribution in [0.25, 0.3) is 11.3 Å². The second kappa shape index (κ2) is 24.0. The number of alkyl halides is 6. The SMILES string of the molecule is COC(=O)N[C@H](C(=O)N[C@@H](Cc1ccc(C#Cc2ccc(N3CC4CC(C3)N4C3COC3)nc2)cc1)[C@@H](O)CN(Cc1c(F)cc(-c2ccc(F)cn2)cc1F)NC(=O)[C@@H](NC(=O)OC)C(C)(C)C(F)(F)F)C(C)(C)C(F)(F)F. The molecule has 0 aliphatic carbocycles. The zero-order chi connectivity index (χ0) is 57.8. The fraction of sp³-hybridized carbons (Fsp3) is 0.472. The molecule has 79 heavy (non-hydrogen) atoms. The lowest BCUT2D eigenvalue weighted by atomic mass is 9.82. The Morgan fingerprint density at radius 3 is 1.80 bits per heavy atom. The van der Waals surface area contributed by atoms with E-state index in [2.05, 4.69) is 51.8 Å². The Bertz CT molecular complexity index is 2860. The van der Waals surface area contributed by atoms with E-state index in [9.17, 15) is 55.0 Å². The Morgan fingerprint density at radius 1 is 0.747 bits per heavy atom. The summed E-state index contributed by atoms with van der Waals surface area (Å²) in [4.78, 5) is 66.1. The number of aromatic nitrogens is 2. The van der Waals surface area contributed by atoms with Gasteiger partial charge in [0, 0.05) is 66.7 Å². The molecule has 5 N–H and O–H groups in total. The number of methoxy groups -OCH3 is 2. The quantitative estimate of drug-likeness (QED) is 0.0431. The van der Waals surface area contributed by atoms with Crippen molar-refractivity contribution in [2.24, 2.45) is 10.8 Å². The van der Waals surface area contributed by atoms with Crippen LogP contribution in [0.15, 0.2) is 73.1 Å². The maximum absolute atomic E-state index is 16.0. The number of aliphatic hydroxyl groups excluding tert-OH is 1. The molecule has 6 heterocycles. The number of benzene rings is 2. The summed E-state index contributed by atoms with van der Waals surface area (Å²) in [7, 11) is 1.63. The van der Waals surface area contributed by atoms with Crippen LogP contribution in [-0.4, -0.2) is 151 Å². The molecule has 0 radical (unpaired) electrons. The number of halogens is 9. The molecule has 4 fully saturated rings. The molecule has 26 heteroatoms. The average molecular weight is 1120 g/mol. The number of nitrogens with zero attached hydrogens (tertiary/aromatic N) is 5. The van der Waals surface area contributed by atoms with Gasteiger partial charge in [0.25, 0.3) is 5.91 Å². The highest BCUT2D eigenvalue weighted by Crippen LogP contribution is 2.42. The Morgan fingerprint density at radius 2 is 1.30 bits per heavy atom. The molecule has 4 saturated heterocycles. The van der Waals surface area contributed by atoms with Gasteiger partial charge in [-0.15, -0.1) is 0 Å². The molecule has 2 unspecified atom stereocenters. The number of hydrogen-bond acceptors (Lipinski definition) is 13. The van der Waals surface area contributed by atoms with Crippen molar-refractivity contribution >= 4 is 29.8 Å². The number of ether oxygens (including phenoxy) is 3. The summed E-state index contributed by atoms with van der Waals surface area (Å²) in [6.07, 6.45) is -12.3. The summed E-state index contributed by atoms with van der Waals surface area (Å²) >= 11 is 0. The van der Waals surface area contributed by atoms with Crippen LogP contribution in [0.2, 0.25) is 0 Å². The topological polar surface area (TPSA) is 200 Å². The first kappa shape index (κ1) is 59.5. The second-order valence-corrected chi connectivity index (χ2v) is 20.5. The number of pyridine rings is 2. The summed E-state index contributed by atoms with van der Waals surface area (Å²) in [5.74, 6) is 0.269. The van der Waals surface area contributed by atoms with Gasteiger partial charge in [0.15, 0.2) is 0 Å². The molecular weight excluding hydrogens is 1060 g/mol. The minimum Gasteiger partial charge on any atom is -0.453 e. The molecule has 4 aromatic rings. The molecule has 2 bridgehead atoms. The van der Waals surface area contributed by atoms with Crippen molar-refractivity contribution < 1.29 is 78.0 Å². The Kier molecular flexibility index (Phi) is 18.1. The number of nitrogens with one attached hydrogen (secondary N) is 4. The lowest BCUT2D eigenvalue weighted by Gasteiger charge is -2.60. The van der Waals surface area contributed by atoms with Crippen molar-refractivity contribution in [2.45, 2.75) is 102 Å². The summed E-state index contributed by atoms with van der Waals surface area (Å²) in [6.45, 7) is 3.37. The van der Waals surface area contributed by atoms with E-state index in [1.165, 1.54) is 12.1 Å². The molecule has 0 spiro atoms. The predicted molar refractivity (Wildman–Crippen MR) is 266 cm³/mol. The minimum absolute atomic E-state index is 0.0801. The highest BCUT2D eigenvalue weighted by Gasteiger charge is 2.57. The standard InChI is InChI=1S/C53H58F9N9O8/c1-50(2,52(57,58)59)44(66-48(75)77-5)46(73)65-41(17-30-10-7-29(8-11-30)9-12-31-13-16-43(64-21-31)69-23-34-20-35(24-69)71(34)36-27-79-28-36)42(72)26-70(68-47(74)45(67-49(76)78-6)51(3,4)53(60,61)62)25-37-38(55)18-32(19-39(37)56)40-15-14-33(54)22-63-40/h7-8,10-11,13-16,18-19,21-22,34-36,41-42,44-45,72H,17,20,23-28H2,1-6H3,(H,65,73)(H,66,75)(H,67,76)(H,68,74)/t34?,35?,41-,42-,44+,45+/m0/s1. The van der Waals surface area contributed by atoms with Crippen LogP contribution in [0.4, 0.5) is 54.9 Å². The number of aliphatic hydroxyl groups is 1. The molecule has 4 aliphatic heterocycles. The van der Waals surface area contributed by atoms with Gasteiger partial charge in [0.2, 0.25) is 5.91 Å². The highest BCUT2D eigenvalue weighted by atomic mass is 19.4. The molecule has 4 aliphatic rings. The lowest BCUT2D eigenvalue weighted by molar-refractivity contribution is -0.221. The molecule has 8 rings (SSSR count). The van der Waals surface area contributed by atoms with Crippen molar-refractivity contribution in [2.75, 3.05) is 52.0 Å². The number of carbonyl (C=O) groups is 4. The van der Waals surface area contributed by atoms with E-state index in [0.29, 0.717) is 67.5 Å². The summed E-state index contributed by atoms with van der Waals surface area (Å²) < 4.78 is 147. The van der Waals surface area contributed by atoms with Crippen molar-refractivity contribution in [1.82, 2.24) is 41.3 Å². The first-order chi connectivity index (χ1) is 37.1. The summed E-state index contributed by atoms with van der Waals surface area (Å²) in [5, 5.41) is 18.6. The molecule has 2 aromatic heterocycles. The third-order valence-corrected chi connectivity index (χ3v) is 14.4. The largest absolute Gasteiger partial charge is 0.453 e. The van der Waals surface area contributed by atoms with E-state index in [1.807, 2.05) is 17.4 Å². The van der Waals surface area contributed by atoms with Gasteiger partial charge in [-0.2, -0.15) is 26.3 Å². The molecule has 426 valence electrons. The van der Waals surface area contributed by atoms with Gasteiger partial charge < -0.3 is 40.2 Å².